The SMILES string of the molecule is NCCC(=O)[O-].NCCC(=O)[O-].[Mg+2]. The van der Waals surface area contributed by atoms with Crippen LogP contribution >= 0.6 is 0 Å². The predicted octanol–water partition coefficient (Wildman–Crippen LogP) is -4.21. The smallest absolute Gasteiger partial charge is 0.550 e. The summed E-state index contributed by atoms with van der Waals surface area (Å²) in [6.07, 6.45) is -0.0833. The van der Waals surface area contributed by atoms with E-state index in [1.54, 1.807) is 0 Å². The normalized spacial score (nSPS) is 7.54. The summed E-state index contributed by atoms with van der Waals surface area (Å²) < 4.78 is 0. The van der Waals surface area contributed by atoms with E-state index in [1.807, 2.05) is 0 Å². The van der Waals surface area contributed by atoms with Crippen LogP contribution in [-0.2, 0) is 9.59 Å². The Morgan fingerprint density at radius 3 is 1.15 bits per heavy atom. The molecule has 0 saturated heterocycles. The summed E-state index contributed by atoms with van der Waals surface area (Å²) in [5, 5.41) is 18.8. The minimum atomic E-state index is -1.09. The molecule has 0 aliphatic rings. The minimum absolute atomic E-state index is 0. The Morgan fingerprint density at radius 1 is 0.923 bits per heavy atom. The molecule has 0 fully saturated rings. The molecule has 0 atom stereocenters. The predicted molar refractivity (Wildman–Crippen MR) is 43.1 cm³/mol. The monoisotopic (exact) mass is 200 g/mol. The summed E-state index contributed by atoms with van der Waals surface area (Å²) >= 11 is 0. The Morgan fingerprint density at radius 2 is 1.15 bits per heavy atom. The van der Waals surface area contributed by atoms with Crippen LogP contribution in [0.15, 0.2) is 0 Å². The molecule has 0 aromatic carbocycles. The molecule has 0 spiro atoms. The average molecular weight is 200 g/mol. The number of carboxylic acids is 2. The van der Waals surface area contributed by atoms with E-state index in [9.17, 15) is 19.8 Å². The zero-order valence-corrected chi connectivity index (χ0v) is 8.74. The Balaban J connectivity index is -0.000000143. The fourth-order valence-electron chi connectivity index (χ4n) is 0.236. The molecular formula is C6H12MgN2O4. The molecule has 0 amide bonds. The van der Waals surface area contributed by atoms with Crippen LogP contribution in [0.5, 0.6) is 0 Å². The molecule has 0 saturated carbocycles. The van der Waals surface area contributed by atoms with Crippen LogP contribution < -0.4 is 21.7 Å². The minimum Gasteiger partial charge on any atom is -0.550 e. The van der Waals surface area contributed by atoms with Gasteiger partial charge in [0.15, 0.2) is 0 Å². The standard InChI is InChI=1S/2C3H7NO2.Mg/c2*4-2-1-3(5)6;/h2*1-2,4H2,(H,5,6);/q;;+2/p-2. The van der Waals surface area contributed by atoms with Gasteiger partial charge in [-0.3, -0.25) is 0 Å². The number of aliphatic carboxylic acids is 2. The van der Waals surface area contributed by atoms with Gasteiger partial charge in [-0.2, -0.15) is 0 Å². The Hall–Kier alpha value is -0.374. The van der Waals surface area contributed by atoms with E-state index in [0.717, 1.165) is 0 Å². The van der Waals surface area contributed by atoms with Crippen LogP contribution in [0.1, 0.15) is 12.8 Å². The molecule has 0 bridgehead atoms. The van der Waals surface area contributed by atoms with Crippen molar-refractivity contribution in [2.45, 2.75) is 12.8 Å². The van der Waals surface area contributed by atoms with Crippen molar-refractivity contribution in [1.29, 1.82) is 0 Å². The third kappa shape index (κ3) is 34.0. The number of rotatable bonds is 4. The maximum Gasteiger partial charge on any atom is 2.00 e. The van der Waals surface area contributed by atoms with Gasteiger partial charge >= 0.3 is 23.1 Å². The molecule has 72 valence electrons. The first-order valence-electron chi connectivity index (χ1n) is 3.34. The molecule has 4 N–H and O–H groups in total. The fraction of sp³-hybridized carbons (Fsp3) is 0.667. The van der Waals surface area contributed by atoms with Gasteiger partial charge in [-0.15, -0.1) is 0 Å². The van der Waals surface area contributed by atoms with Crippen LogP contribution in [0.2, 0.25) is 0 Å². The van der Waals surface area contributed by atoms with E-state index in [1.165, 1.54) is 0 Å². The largest absolute Gasteiger partial charge is 2.00 e. The van der Waals surface area contributed by atoms with E-state index in [2.05, 4.69) is 0 Å². The van der Waals surface area contributed by atoms with Crippen molar-refractivity contribution in [2.75, 3.05) is 13.1 Å². The van der Waals surface area contributed by atoms with E-state index < -0.39 is 11.9 Å². The molecule has 13 heavy (non-hydrogen) atoms. The van der Waals surface area contributed by atoms with Gasteiger partial charge in [0.2, 0.25) is 0 Å². The van der Waals surface area contributed by atoms with Crippen molar-refractivity contribution in [3.05, 3.63) is 0 Å². The molecule has 0 radical (unpaired) electrons. The second kappa shape index (κ2) is 14.2. The van der Waals surface area contributed by atoms with Crippen LogP contribution in [-0.4, -0.2) is 48.1 Å². The van der Waals surface area contributed by atoms with Gasteiger partial charge in [-0.1, -0.05) is 0 Å². The first-order valence-corrected chi connectivity index (χ1v) is 3.34. The molecule has 7 heteroatoms. The molecule has 0 unspecified atom stereocenters. The van der Waals surface area contributed by atoms with Crippen molar-refractivity contribution < 1.29 is 19.8 Å². The third-order valence-electron chi connectivity index (χ3n) is 0.697. The first-order chi connectivity index (χ1) is 5.54. The molecule has 0 aliphatic carbocycles. The number of carbonyl (C=O) groups is 2. The first kappa shape index (κ1) is 18.4. The molecule has 6 nitrogen and oxygen atoms in total. The quantitative estimate of drug-likeness (QED) is 0.442. The summed E-state index contributed by atoms with van der Waals surface area (Å²) in [6, 6.07) is 0. The van der Waals surface area contributed by atoms with Gasteiger partial charge in [0.25, 0.3) is 0 Å². The average Bonchev–Trinajstić information content (AvgIpc) is 1.87. The van der Waals surface area contributed by atoms with Crippen molar-refractivity contribution in [1.82, 2.24) is 0 Å². The maximum absolute atomic E-state index is 9.41. The maximum atomic E-state index is 9.41. The third-order valence-corrected chi connectivity index (χ3v) is 0.697. The van der Waals surface area contributed by atoms with E-state index in [-0.39, 0.29) is 49.0 Å². The molecule has 0 aromatic heterocycles. The van der Waals surface area contributed by atoms with Gasteiger partial charge in [-0.05, 0) is 25.9 Å². The summed E-state index contributed by atoms with van der Waals surface area (Å²) in [7, 11) is 0. The van der Waals surface area contributed by atoms with Crippen LogP contribution in [0.4, 0.5) is 0 Å². The topological polar surface area (TPSA) is 132 Å². The van der Waals surface area contributed by atoms with Crippen LogP contribution in [0.25, 0.3) is 0 Å². The zero-order chi connectivity index (χ0) is 9.98. The van der Waals surface area contributed by atoms with E-state index >= 15 is 0 Å². The number of hydrogen-bond acceptors (Lipinski definition) is 6. The Labute approximate surface area is 92.4 Å². The summed E-state index contributed by atoms with van der Waals surface area (Å²) in [5.41, 5.74) is 9.62. The van der Waals surface area contributed by atoms with Gasteiger partial charge in [0, 0.05) is 11.9 Å². The number of hydrogen-bond donors (Lipinski definition) is 2. The molecular weight excluding hydrogens is 188 g/mol. The molecule has 0 aliphatic heterocycles. The van der Waals surface area contributed by atoms with Crippen molar-refractivity contribution in [3.8, 4) is 0 Å². The van der Waals surface area contributed by atoms with Gasteiger partial charge in [0.05, 0.1) is 0 Å². The van der Waals surface area contributed by atoms with Crippen molar-refractivity contribution in [3.63, 3.8) is 0 Å². The number of carbonyl (C=O) groups excluding carboxylic acids is 2. The Kier molecular flexibility index (Phi) is 20.1. The van der Waals surface area contributed by atoms with Crippen molar-refractivity contribution >= 4 is 35.0 Å². The van der Waals surface area contributed by atoms with E-state index in [4.69, 9.17) is 11.5 Å². The second-order valence-corrected chi connectivity index (χ2v) is 1.82. The van der Waals surface area contributed by atoms with Crippen LogP contribution in [0, 0.1) is 0 Å². The van der Waals surface area contributed by atoms with Crippen LogP contribution in [0.3, 0.4) is 0 Å². The van der Waals surface area contributed by atoms with E-state index in [0.29, 0.717) is 0 Å². The Bertz CT molecular complexity index is 127. The summed E-state index contributed by atoms with van der Waals surface area (Å²) in [4.78, 5) is 18.8. The fourth-order valence-corrected chi connectivity index (χ4v) is 0.236. The molecule has 0 heterocycles. The zero-order valence-electron chi connectivity index (χ0n) is 7.32. The summed E-state index contributed by atoms with van der Waals surface area (Å²) in [6.45, 7) is 0.338. The second-order valence-electron chi connectivity index (χ2n) is 1.82. The van der Waals surface area contributed by atoms with Crippen molar-refractivity contribution in [2.24, 2.45) is 11.5 Å². The van der Waals surface area contributed by atoms with Gasteiger partial charge in [0.1, 0.15) is 0 Å². The van der Waals surface area contributed by atoms with Gasteiger partial charge in [-0.25, -0.2) is 0 Å². The van der Waals surface area contributed by atoms with Gasteiger partial charge < -0.3 is 31.3 Å². The molecule has 0 aromatic rings. The molecule has 0 rings (SSSR count). The number of carboxylic acid groups (broad SMARTS) is 2. The summed E-state index contributed by atoms with van der Waals surface area (Å²) in [5.74, 6) is -2.17. The number of nitrogens with two attached hydrogens (primary N) is 2.